The van der Waals surface area contributed by atoms with Gasteiger partial charge in [-0.1, -0.05) is 48.0 Å². The average Bonchev–Trinajstić information content (AvgIpc) is 2.96. The predicted molar refractivity (Wildman–Crippen MR) is 125 cm³/mol. The molecule has 160 valence electrons. The fraction of sp³-hybridized carbons (Fsp3) is 0.160. The van der Waals surface area contributed by atoms with Crippen molar-refractivity contribution in [3.8, 4) is 0 Å². The summed E-state index contributed by atoms with van der Waals surface area (Å²) in [7, 11) is 0. The van der Waals surface area contributed by atoms with Gasteiger partial charge in [-0.05, 0) is 48.2 Å². The molecule has 0 fully saturated rings. The number of nitro groups is 1. The lowest BCUT2D eigenvalue weighted by Crippen LogP contribution is -2.27. The Balaban J connectivity index is 1.64. The van der Waals surface area contributed by atoms with Crippen LogP contribution in [0.5, 0.6) is 0 Å². The lowest BCUT2D eigenvalue weighted by Gasteiger charge is -2.29. The lowest BCUT2D eigenvalue weighted by atomic mass is 9.78. The van der Waals surface area contributed by atoms with Gasteiger partial charge in [0, 0.05) is 28.8 Å². The number of para-hydroxylation sites is 3. The van der Waals surface area contributed by atoms with Crippen molar-refractivity contribution in [2.24, 2.45) is 0 Å². The molecule has 6 nitrogen and oxygen atoms in total. The highest BCUT2D eigenvalue weighted by Crippen LogP contribution is 2.45. The molecule has 0 radical (unpaired) electrons. The van der Waals surface area contributed by atoms with E-state index in [0.29, 0.717) is 29.0 Å². The summed E-state index contributed by atoms with van der Waals surface area (Å²) >= 11 is 6.04. The molecule has 0 amide bonds. The Labute approximate surface area is 190 Å². The van der Waals surface area contributed by atoms with Gasteiger partial charge in [-0.15, -0.1) is 0 Å². The van der Waals surface area contributed by atoms with E-state index in [4.69, 9.17) is 11.6 Å². The minimum atomic E-state index is -0.624. The molecule has 0 saturated carbocycles. The van der Waals surface area contributed by atoms with Gasteiger partial charge < -0.3 is 10.6 Å². The molecule has 3 aromatic rings. The molecular formula is C25H20ClN3O3. The third-order valence-corrected chi connectivity index (χ3v) is 6.35. The van der Waals surface area contributed by atoms with Crippen molar-refractivity contribution in [3.63, 3.8) is 0 Å². The maximum Gasteiger partial charge on any atom is 0.275 e. The zero-order valence-electron chi connectivity index (χ0n) is 17.0. The highest BCUT2D eigenvalue weighted by molar-refractivity contribution is 6.30. The lowest BCUT2D eigenvalue weighted by molar-refractivity contribution is -0.385. The van der Waals surface area contributed by atoms with Crippen LogP contribution in [-0.2, 0) is 4.79 Å². The molecule has 2 N–H and O–H groups in total. The normalized spacial score (nSPS) is 19.8. The first-order chi connectivity index (χ1) is 15.5. The van der Waals surface area contributed by atoms with Gasteiger partial charge in [0.1, 0.15) is 0 Å². The second-order valence-electron chi connectivity index (χ2n) is 8.04. The van der Waals surface area contributed by atoms with E-state index in [9.17, 15) is 14.9 Å². The van der Waals surface area contributed by atoms with Crippen LogP contribution in [-0.4, -0.2) is 10.7 Å². The van der Waals surface area contributed by atoms with Gasteiger partial charge in [0.15, 0.2) is 5.78 Å². The molecule has 5 rings (SSSR count). The fourth-order valence-corrected chi connectivity index (χ4v) is 4.72. The molecule has 3 aromatic carbocycles. The zero-order chi connectivity index (χ0) is 22.2. The van der Waals surface area contributed by atoms with Crippen LogP contribution in [0.3, 0.4) is 0 Å². The van der Waals surface area contributed by atoms with Gasteiger partial charge in [0.25, 0.3) is 5.69 Å². The number of fused-ring (bicyclic) bond motifs is 1. The SMILES string of the molecule is O=C1C[C@@H](c2ccc(Cl)cc2)CC2=C1[C@H](c1ccccc1[N+](=O)[O-])Nc1ccccc1N2. The molecule has 1 aliphatic heterocycles. The van der Waals surface area contributed by atoms with Gasteiger partial charge >= 0.3 is 0 Å². The molecule has 0 spiro atoms. The number of allylic oxidation sites excluding steroid dienone is 1. The van der Waals surface area contributed by atoms with Crippen LogP contribution in [0, 0.1) is 10.1 Å². The maximum atomic E-state index is 13.5. The Morgan fingerprint density at radius 3 is 2.34 bits per heavy atom. The van der Waals surface area contributed by atoms with Crippen molar-refractivity contribution in [2.75, 3.05) is 10.6 Å². The number of carbonyl (C=O) groups is 1. The quantitative estimate of drug-likeness (QED) is 0.369. The molecule has 0 aromatic heterocycles. The number of hydrogen-bond donors (Lipinski definition) is 2. The first kappa shape index (κ1) is 20.3. The van der Waals surface area contributed by atoms with Crippen molar-refractivity contribution < 1.29 is 9.72 Å². The largest absolute Gasteiger partial charge is 0.372 e. The van der Waals surface area contributed by atoms with Gasteiger partial charge in [0.05, 0.1) is 27.9 Å². The van der Waals surface area contributed by atoms with E-state index in [1.807, 2.05) is 48.5 Å². The highest BCUT2D eigenvalue weighted by atomic mass is 35.5. The van der Waals surface area contributed by atoms with Crippen molar-refractivity contribution >= 4 is 34.4 Å². The van der Waals surface area contributed by atoms with Gasteiger partial charge in [-0.25, -0.2) is 0 Å². The summed E-state index contributed by atoms with van der Waals surface area (Å²) < 4.78 is 0. The second-order valence-corrected chi connectivity index (χ2v) is 8.47. The monoisotopic (exact) mass is 445 g/mol. The number of hydrogen-bond acceptors (Lipinski definition) is 5. The first-order valence-corrected chi connectivity index (χ1v) is 10.8. The third-order valence-electron chi connectivity index (χ3n) is 6.09. The molecule has 1 heterocycles. The first-order valence-electron chi connectivity index (χ1n) is 10.4. The van der Waals surface area contributed by atoms with Crippen LogP contribution in [0.15, 0.2) is 84.1 Å². The number of benzene rings is 3. The molecule has 0 unspecified atom stereocenters. The zero-order valence-corrected chi connectivity index (χ0v) is 17.8. The summed E-state index contributed by atoms with van der Waals surface area (Å²) in [5, 5.41) is 19.3. The van der Waals surface area contributed by atoms with Crippen molar-refractivity contribution in [1.29, 1.82) is 0 Å². The van der Waals surface area contributed by atoms with Crippen molar-refractivity contribution in [3.05, 3.63) is 110 Å². The summed E-state index contributed by atoms with van der Waals surface area (Å²) in [6.45, 7) is 0. The fourth-order valence-electron chi connectivity index (χ4n) is 4.59. The molecule has 0 bridgehead atoms. The molecule has 2 aliphatic rings. The number of nitro benzene ring substituents is 1. The van der Waals surface area contributed by atoms with Crippen LogP contribution in [0.4, 0.5) is 17.1 Å². The Kier molecular flexibility index (Phi) is 5.15. The van der Waals surface area contributed by atoms with Crippen LogP contribution < -0.4 is 10.6 Å². The Morgan fingerprint density at radius 1 is 0.906 bits per heavy atom. The van der Waals surface area contributed by atoms with E-state index in [1.165, 1.54) is 6.07 Å². The number of rotatable bonds is 3. The number of nitrogens with one attached hydrogen (secondary N) is 2. The van der Waals surface area contributed by atoms with Crippen molar-refractivity contribution in [2.45, 2.75) is 24.8 Å². The molecule has 2 atom stereocenters. The number of Topliss-reactive ketones (excluding diaryl/α,β-unsaturated/α-hetero) is 1. The van der Waals surface area contributed by atoms with E-state index < -0.39 is 11.0 Å². The van der Waals surface area contributed by atoms with E-state index in [-0.39, 0.29) is 17.4 Å². The second kappa shape index (κ2) is 8.13. The average molecular weight is 446 g/mol. The van der Waals surface area contributed by atoms with Crippen LogP contribution in [0.25, 0.3) is 0 Å². The number of carbonyl (C=O) groups excluding carboxylic acids is 1. The summed E-state index contributed by atoms with van der Waals surface area (Å²) in [5.41, 5.74) is 4.49. The van der Waals surface area contributed by atoms with Crippen molar-refractivity contribution in [1.82, 2.24) is 0 Å². The van der Waals surface area contributed by atoms with E-state index in [1.54, 1.807) is 18.2 Å². The molecule has 32 heavy (non-hydrogen) atoms. The topological polar surface area (TPSA) is 84.3 Å². The number of ketones is 1. The number of halogens is 1. The highest BCUT2D eigenvalue weighted by Gasteiger charge is 2.38. The van der Waals surface area contributed by atoms with Gasteiger partial charge in [-0.3, -0.25) is 14.9 Å². The van der Waals surface area contributed by atoms with Crippen LogP contribution >= 0.6 is 11.6 Å². The smallest absolute Gasteiger partial charge is 0.275 e. The van der Waals surface area contributed by atoms with Crippen LogP contribution in [0.2, 0.25) is 5.02 Å². The Morgan fingerprint density at radius 2 is 1.59 bits per heavy atom. The third kappa shape index (κ3) is 3.63. The predicted octanol–water partition coefficient (Wildman–Crippen LogP) is 6.23. The molecule has 7 heteroatoms. The van der Waals surface area contributed by atoms with Crippen LogP contribution in [0.1, 0.15) is 35.9 Å². The minimum absolute atomic E-state index is 0.00249. The summed E-state index contributed by atoms with van der Waals surface area (Å²) in [6.07, 6.45) is 0.952. The number of nitrogens with zero attached hydrogens (tertiary/aromatic N) is 1. The Bertz CT molecular complexity index is 1250. The Hall–Kier alpha value is -3.64. The van der Waals surface area contributed by atoms with E-state index in [0.717, 1.165) is 22.6 Å². The standard InChI is InChI=1S/C25H20ClN3O3/c26-17-11-9-15(10-12-17)16-13-21-24(23(30)14-16)25(18-5-1-4-8-22(18)29(31)32)28-20-7-3-2-6-19(20)27-21/h1-12,16,25,27-28H,13-14H2/t16-,25-/m0/s1. The molecule has 0 saturated heterocycles. The summed E-state index contributed by atoms with van der Waals surface area (Å²) in [5.74, 6) is -0.0233. The molecule has 1 aliphatic carbocycles. The summed E-state index contributed by atoms with van der Waals surface area (Å²) in [4.78, 5) is 24.9. The van der Waals surface area contributed by atoms with Gasteiger partial charge in [-0.2, -0.15) is 0 Å². The van der Waals surface area contributed by atoms with E-state index in [2.05, 4.69) is 10.6 Å². The summed E-state index contributed by atoms with van der Waals surface area (Å²) in [6, 6.07) is 21.2. The van der Waals surface area contributed by atoms with E-state index >= 15 is 0 Å². The maximum absolute atomic E-state index is 13.5. The number of anilines is 2. The molecular weight excluding hydrogens is 426 g/mol. The van der Waals surface area contributed by atoms with Gasteiger partial charge in [0.2, 0.25) is 0 Å². The minimum Gasteiger partial charge on any atom is -0.372 e.